The van der Waals surface area contributed by atoms with Crippen molar-refractivity contribution in [1.29, 1.82) is 0 Å². The van der Waals surface area contributed by atoms with Gasteiger partial charge in [0.15, 0.2) is 0 Å². The molecule has 4 aromatic rings. The Labute approximate surface area is 137 Å². The summed E-state index contributed by atoms with van der Waals surface area (Å²) in [6.45, 7) is 0. The molecule has 4 rings (SSSR count). The quantitative estimate of drug-likeness (QED) is 0.445. The second-order valence-electron chi connectivity index (χ2n) is 5.50. The zero-order chi connectivity index (χ0) is 16.5. The van der Waals surface area contributed by atoms with E-state index < -0.39 is 11.5 Å². The van der Waals surface area contributed by atoms with E-state index in [1.54, 1.807) is 18.2 Å². The SMILES string of the molecule is O=C(Nc1ccccc1)c1cc2cc3ccccc3cc2oc1=O. The molecule has 0 bridgehead atoms. The lowest BCUT2D eigenvalue weighted by Crippen LogP contribution is -2.20. The Morgan fingerprint density at radius 1 is 0.792 bits per heavy atom. The summed E-state index contributed by atoms with van der Waals surface area (Å²) in [5.41, 5.74) is 0.434. The summed E-state index contributed by atoms with van der Waals surface area (Å²) >= 11 is 0. The van der Waals surface area contributed by atoms with E-state index in [1.165, 1.54) is 0 Å². The van der Waals surface area contributed by atoms with Crippen LogP contribution in [-0.2, 0) is 0 Å². The van der Waals surface area contributed by atoms with Gasteiger partial charge in [0.2, 0.25) is 0 Å². The highest BCUT2D eigenvalue weighted by atomic mass is 16.4. The molecule has 3 aromatic carbocycles. The average Bonchev–Trinajstić information content (AvgIpc) is 2.60. The lowest BCUT2D eigenvalue weighted by atomic mass is 10.1. The molecule has 1 amide bonds. The first-order chi connectivity index (χ1) is 11.7. The van der Waals surface area contributed by atoms with Crippen LogP contribution in [0.15, 0.2) is 82.0 Å². The molecule has 0 fully saturated rings. The fourth-order valence-corrected chi connectivity index (χ4v) is 2.69. The molecule has 0 atom stereocenters. The standard InChI is InChI=1S/C20H13NO3/c22-19(21-16-8-2-1-3-9-16)17-11-15-10-13-6-4-5-7-14(13)12-18(15)24-20(17)23/h1-12H,(H,21,22). The van der Waals surface area contributed by atoms with Crippen molar-refractivity contribution in [3.05, 3.63) is 88.8 Å². The van der Waals surface area contributed by atoms with Crippen LogP contribution in [0.1, 0.15) is 10.4 Å². The van der Waals surface area contributed by atoms with Crippen LogP contribution in [0.5, 0.6) is 0 Å². The van der Waals surface area contributed by atoms with E-state index in [-0.39, 0.29) is 5.56 Å². The van der Waals surface area contributed by atoms with Crippen molar-refractivity contribution in [2.45, 2.75) is 0 Å². The maximum absolute atomic E-state index is 12.4. The molecule has 1 aromatic heterocycles. The molecule has 1 N–H and O–H groups in total. The van der Waals surface area contributed by atoms with Crippen LogP contribution in [0.4, 0.5) is 5.69 Å². The van der Waals surface area contributed by atoms with Gasteiger partial charge in [0.25, 0.3) is 5.91 Å². The zero-order valence-electron chi connectivity index (χ0n) is 12.7. The van der Waals surface area contributed by atoms with Gasteiger partial charge in [-0.25, -0.2) is 4.79 Å². The predicted octanol–water partition coefficient (Wildman–Crippen LogP) is 4.20. The maximum atomic E-state index is 12.4. The Balaban J connectivity index is 1.80. The molecule has 0 saturated heterocycles. The lowest BCUT2D eigenvalue weighted by Gasteiger charge is -2.06. The molecule has 0 radical (unpaired) electrons. The number of para-hydroxylation sites is 1. The summed E-state index contributed by atoms with van der Waals surface area (Å²) in [6, 6.07) is 22.1. The molecule has 4 heteroatoms. The first-order valence-corrected chi connectivity index (χ1v) is 7.54. The topological polar surface area (TPSA) is 59.3 Å². The molecule has 0 saturated carbocycles. The third-order valence-electron chi connectivity index (χ3n) is 3.88. The van der Waals surface area contributed by atoms with Gasteiger partial charge in [-0.15, -0.1) is 0 Å². The Kier molecular flexibility index (Phi) is 3.35. The highest BCUT2D eigenvalue weighted by Gasteiger charge is 2.14. The molecule has 4 nitrogen and oxygen atoms in total. The minimum absolute atomic E-state index is 0.0124. The molecule has 0 aliphatic carbocycles. The summed E-state index contributed by atoms with van der Waals surface area (Å²) in [4.78, 5) is 24.5. The Hall–Kier alpha value is -3.40. The Bertz CT molecular complexity index is 1110. The largest absolute Gasteiger partial charge is 0.422 e. The molecule has 24 heavy (non-hydrogen) atoms. The van der Waals surface area contributed by atoms with Crippen molar-refractivity contribution < 1.29 is 9.21 Å². The van der Waals surface area contributed by atoms with Crippen molar-refractivity contribution in [3.63, 3.8) is 0 Å². The number of benzene rings is 3. The molecular formula is C20H13NO3. The van der Waals surface area contributed by atoms with Gasteiger partial charge in [-0.3, -0.25) is 4.79 Å². The average molecular weight is 315 g/mol. The maximum Gasteiger partial charge on any atom is 0.349 e. The number of anilines is 1. The van der Waals surface area contributed by atoms with Crippen LogP contribution in [0.3, 0.4) is 0 Å². The normalized spacial score (nSPS) is 10.8. The fourth-order valence-electron chi connectivity index (χ4n) is 2.69. The smallest absolute Gasteiger partial charge is 0.349 e. The van der Waals surface area contributed by atoms with E-state index in [4.69, 9.17) is 4.42 Å². The van der Waals surface area contributed by atoms with Gasteiger partial charge in [-0.2, -0.15) is 0 Å². The van der Waals surface area contributed by atoms with Crippen molar-refractivity contribution in [2.24, 2.45) is 0 Å². The molecule has 0 aliphatic rings. The van der Waals surface area contributed by atoms with E-state index in [0.717, 1.165) is 10.8 Å². The summed E-state index contributed by atoms with van der Waals surface area (Å²) in [5, 5.41) is 5.42. The van der Waals surface area contributed by atoms with Crippen LogP contribution in [0, 0.1) is 0 Å². The third-order valence-corrected chi connectivity index (χ3v) is 3.88. The predicted molar refractivity (Wildman–Crippen MR) is 94.4 cm³/mol. The second-order valence-corrected chi connectivity index (χ2v) is 5.50. The van der Waals surface area contributed by atoms with Crippen molar-refractivity contribution in [2.75, 3.05) is 5.32 Å². The minimum Gasteiger partial charge on any atom is -0.422 e. The highest BCUT2D eigenvalue weighted by Crippen LogP contribution is 2.22. The van der Waals surface area contributed by atoms with Crippen molar-refractivity contribution >= 4 is 33.3 Å². The number of rotatable bonds is 2. The van der Waals surface area contributed by atoms with Crippen molar-refractivity contribution in [3.8, 4) is 0 Å². The number of fused-ring (bicyclic) bond motifs is 2. The summed E-state index contributed by atoms with van der Waals surface area (Å²) in [7, 11) is 0. The lowest BCUT2D eigenvalue weighted by molar-refractivity contribution is 0.102. The minimum atomic E-state index is -0.647. The summed E-state index contributed by atoms with van der Waals surface area (Å²) < 4.78 is 5.34. The first-order valence-electron chi connectivity index (χ1n) is 7.54. The van der Waals surface area contributed by atoms with Gasteiger partial charge in [0.1, 0.15) is 11.1 Å². The van der Waals surface area contributed by atoms with E-state index in [2.05, 4.69) is 5.32 Å². The second kappa shape index (κ2) is 5.66. The van der Waals surface area contributed by atoms with E-state index in [1.807, 2.05) is 54.6 Å². The molecule has 0 unspecified atom stereocenters. The highest BCUT2D eigenvalue weighted by molar-refractivity contribution is 6.06. The summed E-state index contributed by atoms with van der Waals surface area (Å²) in [6.07, 6.45) is 0. The number of hydrogen-bond donors (Lipinski definition) is 1. The van der Waals surface area contributed by atoms with Crippen LogP contribution >= 0.6 is 0 Å². The molecule has 116 valence electrons. The van der Waals surface area contributed by atoms with Crippen LogP contribution in [-0.4, -0.2) is 5.91 Å². The van der Waals surface area contributed by atoms with E-state index in [0.29, 0.717) is 16.7 Å². The van der Waals surface area contributed by atoms with Crippen molar-refractivity contribution in [1.82, 2.24) is 0 Å². The molecule has 1 heterocycles. The Morgan fingerprint density at radius 3 is 2.21 bits per heavy atom. The summed E-state index contributed by atoms with van der Waals surface area (Å²) in [5.74, 6) is -0.481. The molecular weight excluding hydrogens is 302 g/mol. The van der Waals surface area contributed by atoms with Gasteiger partial charge in [-0.1, -0.05) is 42.5 Å². The van der Waals surface area contributed by atoms with E-state index >= 15 is 0 Å². The van der Waals surface area contributed by atoms with Crippen LogP contribution < -0.4 is 10.9 Å². The van der Waals surface area contributed by atoms with Gasteiger partial charge in [0, 0.05) is 11.1 Å². The molecule has 0 spiro atoms. The number of nitrogens with one attached hydrogen (secondary N) is 1. The monoisotopic (exact) mass is 315 g/mol. The number of amides is 1. The number of carbonyl (C=O) groups excluding carboxylic acids is 1. The Morgan fingerprint density at radius 2 is 1.46 bits per heavy atom. The zero-order valence-corrected chi connectivity index (χ0v) is 12.7. The first kappa shape index (κ1) is 14.2. The van der Waals surface area contributed by atoms with Gasteiger partial charge >= 0.3 is 5.63 Å². The van der Waals surface area contributed by atoms with E-state index in [9.17, 15) is 9.59 Å². The van der Waals surface area contributed by atoms with Gasteiger partial charge in [0.05, 0.1) is 0 Å². The number of carbonyl (C=O) groups is 1. The van der Waals surface area contributed by atoms with Gasteiger partial charge < -0.3 is 9.73 Å². The third kappa shape index (κ3) is 2.54. The van der Waals surface area contributed by atoms with Crippen LogP contribution in [0.25, 0.3) is 21.7 Å². The van der Waals surface area contributed by atoms with Gasteiger partial charge in [-0.05, 0) is 41.1 Å². The fraction of sp³-hybridized carbons (Fsp3) is 0. The number of hydrogen-bond acceptors (Lipinski definition) is 3. The van der Waals surface area contributed by atoms with Crippen LogP contribution in [0.2, 0.25) is 0 Å². The molecule has 0 aliphatic heterocycles.